The Morgan fingerprint density at radius 1 is 1.11 bits per heavy atom. The van der Waals surface area contributed by atoms with E-state index in [1.165, 1.54) is 24.3 Å². The summed E-state index contributed by atoms with van der Waals surface area (Å²) in [6.45, 7) is 3.74. The standard InChI is InChI=1S/C20H25ClN2O4S/c1-2-22-12-11-18(24)15-27-19-5-3-4-16(14-19)10-13-23-28(25,26)20-8-6-17(21)7-9-20/h3-9,14,22-23H,2,10-13,15H2,1H3. The van der Waals surface area contributed by atoms with Crippen molar-refractivity contribution in [2.45, 2.75) is 24.7 Å². The molecule has 0 saturated heterocycles. The molecule has 0 aromatic heterocycles. The molecule has 0 saturated carbocycles. The van der Waals surface area contributed by atoms with Gasteiger partial charge in [-0.25, -0.2) is 13.1 Å². The molecule has 0 atom stereocenters. The topological polar surface area (TPSA) is 84.5 Å². The van der Waals surface area contributed by atoms with E-state index < -0.39 is 10.0 Å². The maximum atomic E-state index is 12.3. The molecule has 2 aromatic rings. The highest BCUT2D eigenvalue weighted by atomic mass is 35.5. The van der Waals surface area contributed by atoms with E-state index in [1.807, 2.05) is 25.1 Å². The minimum absolute atomic E-state index is 0.0258. The number of Topliss-reactive ketones (excluding diaryl/α,β-unsaturated/α-hetero) is 1. The van der Waals surface area contributed by atoms with Gasteiger partial charge in [0.05, 0.1) is 4.90 Å². The van der Waals surface area contributed by atoms with Crippen molar-refractivity contribution in [2.75, 3.05) is 26.2 Å². The van der Waals surface area contributed by atoms with Crippen LogP contribution in [0.3, 0.4) is 0 Å². The Kier molecular flexibility index (Phi) is 8.92. The SMILES string of the molecule is CCNCCC(=O)COc1cccc(CCNS(=O)(=O)c2ccc(Cl)cc2)c1. The van der Waals surface area contributed by atoms with E-state index in [0.29, 0.717) is 30.2 Å². The number of halogens is 1. The average Bonchev–Trinajstić information content (AvgIpc) is 2.67. The second kappa shape index (κ2) is 11.2. The summed E-state index contributed by atoms with van der Waals surface area (Å²) in [5, 5.41) is 3.58. The molecule has 2 N–H and O–H groups in total. The van der Waals surface area contributed by atoms with Crippen LogP contribution in [0.15, 0.2) is 53.4 Å². The number of nitrogens with one attached hydrogen (secondary N) is 2. The molecule has 0 unspecified atom stereocenters. The van der Waals surface area contributed by atoms with Gasteiger partial charge in [-0.15, -0.1) is 0 Å². The zero-order chi connectivity index (χ0) is 20.4. The van der Waals surface area contributed by atoms with Crippen molar-refractivity contribution < 1.29 is 17.9 Å². The van der Waals surface area contributed by atoms with Crippen LogP contribution in [-0.4, -0.2) is 40.4 Å². The lowest BCUT2D eigenvalue weighted by atomic mass is 10.1. The van der Waals surface area contributed by atoms with E-state index in [0.717, 1.165) is 12.1 Å². The smallest absolute Gasteiger partial charge is 0.240 e. The molecule has 152 valence electrons. The van der Waals surface area contributed by atoms with Crippen LogP contribution in [0.25, 0.3) is 0 Å². The van der Waals surface area contributed by atoms with Crippen LogP contribution < -0.4 is 14.8 Å². The molecular formula is C20H25ClN2O4S. The number of hydrogen-bond donors (Lipinski definition) is 2. The monoisotopic (exact) mass is 424 g/mol. The second-order valence-electron chi connectivity index (χ2n) is 6.18. The van der Waals surface area contributed by atoms with Crippen LogP contribution in [0.5, 0.6) is 5.75 Å². The van der Waals surface area contributed by atoms with Gasteiger partial charge in [0.2, 0.25) is 10.0 Å². The number of benzene rings is 2. The molecule has 0 heterocycles. The normalized spacial score (nSPS) is 11.4. The third-order valence-corrected chi connectivity index (χ3v) is 5.69. The van der Waals surface area contributed by atoms with E-state index >= 15 is 0 Å². The van der Waals surface area contributed by atoms with Crippen molar-refractivity contribution in [3.05, 3.63) is 59.1 Å². The molecule has 0 amide bonds. The highest BCUT2D eigenvalue weighted by Crippen LogP contribution is 2.15. The summed E-state index contributed by atoms with van der Waals surface area (Å²) in [4.78, 5) is 11.9. The van der Waals surface area contributed by atoms with E-state index in [-0.39, 0.29) is 23.8 Å². The number of rotatable bonds is 12. The van der Waals surface area contributed by atoms with Crippen molar-refractivity contribution >= 4 is 27.4 Å². The third kappa shape index (κ3) is 7.59. The Hall–Kier alpha value is -1.93. The van der Waals surface area contributed by atoms with Gasteiger partial charge in [0, 0.05) is 24.5 Å². The maximum Gasteiger partial charge on any atom is 0.240 e. The summed E-state index contributed by atoms with van der Waals surface area (Å²) in [6.07, 6.45) is 0.929. The van der Waals surface area contributed by atoms with Crippen molar-refractivity contribution in [1.29, 1.82) is 0 Å². The van der Waals surface area contributed by atoms with Crippen LogP contribution in [0.2, 0.25) is 5.02 Å². The Morgan fingerprint density at radius 3 is 2.57 bits per heavy atom. The first-order valence-electron chi connectivity index (χ1n) is 9.10. The van der Waals surface area contributed by atoms with Gasteiger partial charge in [-0.2, -0.15) is 0 Å². The molecule has 0 bridgehead atoms. The summed E-state index contributed by atoms with van der Waals surface area (Å²) >= 11 is 5.79. The first kappa shape index (κ1) is 22.4. The minimum Gasteiger partial charge on any atom is -0.486 e. The van der Waals surface area contributed by atoms with Gasteiger partial charge in [-0.05, 0) is 54.9 Å². The van der Waals surface area contributed by atoms with Gasteiger partial charge in [-0.1, -0.05) is 30.7 Å². The largest absolute Gasteiger partial charge is 0.486 e. The molecule has 0 fully saturated rings. The molecule has 8 heteroatoms. The zero-order valence-corrected chi connectivity index (χ0v) is 17.4. The van der Waals surface area contributed by atoms with Crippen LogP contribution in [0.1, 0.15) is 18.9 Å². The van der Waals surface area contributed by atoms with Crippen LogP contribution >= 0.6 is 11.6 Å². The Bertz CT molecular complexity index is 870. The molecule has 0 spiro atoms. The van der Waals surface area contributed by atoms with E-state index in [4.69, 9.17) is 16.3 Å². The van der Waals surface area contributed by atoms with E-state index in [1.54, 1.807) is 6.07 Å². The molecule has 6 nitrogen and oxygen atoms in total. The number of sulfonamides is 1. The van der Waals surface area contributed by atoms with Gasteiger partial charge in [0.25, 0.3) is 0 Å². The summed E-state index contributed by atoms with van der Waals surface area (Å²) in [7, 11) is -3.58. The minimum atomic E-state index is -3.58. The lowest BCUT2D eigenvalue weighted by molar-refractivity contribution is -0.120. The van der Waals surface area contributed by atoms with Gasteiger partial charge in [0.15, 0.2) is 5.78 Å². The molecule has 0 radical (unpaired) electrons. The number of hydrogen-bond acceptors (Lipinski definition) is 5. The summed E-state index contributed by atoms with van der Waals surface area (Å²) < 4.78 is 32.6. The fraction of sp³-hybridized carbons (Fsp3) is 0.350. The fourth-order valence-electron chi connectivity index (χ4n) is 2.46. The zero-order valence-electron chi connectivity index (χ0n) is 15.8. The van der Waals surface area contributed by atoms with E-state index in [9.17, 15) is 13.2 Å². The number of ether oxygens (including phenoxy) is 1. The number of ketones is 1. The molecule has 28 heavy (non-hydrogen) atoms. The Labute approximate surface area is 171 Å². The first-order valence-corrected chi connectivity index (χ1v) is 11.0. The maximum absolute atomic E-state index is 12.3. The van der Waals surface area contributed by atoms with Gasteiger partial charge < -0.3 is 10.1 Å². The Morgan fingerprint density at radius 2 is 1.86 bits per heavy atom. The number of carbonyl (C=O) groups excluding carboxylic acids is 1. The lowest BCUT2D eigenvalue weighted by Crippen LogP contribution is -2.26. The molecule has 0 aliphatic heterocycles. The average molecular weight is 425 g/mol. The van der Waals surface area contributed by atoms with Crippen LogP contribution in [0, 0.1) is 0 Å². The van der Waals surface area contributed by atoms with E-state index in [2.05, 4.69) is 10.0 Å². The molecule has 0 aliphatic carbocycles. The number of carbonyl (C=O) groups is 1. The molecule has 2 aromatic carbocycles. The quantitative estimate of drug-likeness (QED) is 0.512. The van der Waals surface area contributed by atoms with Crippen LogP contribution in [-0.2, 0) is 21.2 Å². The second-order valence-corrected chi connectivity index (χ2v) is 8.38. The lowest BCUT2D eigenvalue weighted by Gasteiger charge is -2.09. The summed E-state index contributed by atoms with van der Waals surface area (Å²) in [6, 6.07) is 13.3. The van der Waals surface area contributed by atoms with Crippen molar-refractivity contribution in [2.24, 2.45) is 0 Å². The van der Waals surface area contributed by atoms with Gasteiger partial charge in [0.1, 0.15) is 12.4 Å². The van der Waals surface area contributed by atoms with Gasteiger partial charge >= 0.3 is 0 Å². The fourth-order valence-corrected chi connectivity index (χ4v) is 3.62. The highest BCUT2D eigenvalue weighted by Gasteiger charge is 2.13. The van der Waals surface area contributed by atoms with Crippen LogP contribution in [0.4, 0.5) is 0 Å². The van der Waals surface area contributed by atoms with Crippen molar-refractivity contribution in [1.82, 2.24) is 10.0 Å². The van der Waals surface area contributed by atoms with Gasteiger partial charge in [-0.3, -0.25) is 4.79 Å². The highest BCUT2D eigenvalue weighted by molar-refractivity contribution is 7.89. The van der Waals surface area contributed by atoms with Crippen molar-refractivity contribution in [3.8, 4) is 5.75 Å². The molecular weight excluding hydrogens is 400 g/mol. The summed E-state index contributed by atoms with van der Waals surface area (Å²) in [5.74, 6) is 0.622. The first-order chi connectivity index (χ1) is 13.4. The molecule has 2 rings (SSSR count). The van der Waals surface area contributed by atoms with Crippen molar-refractivity contribution in [3.63, 3.8) is 0 Å². The third-order valence-electron chi connectivity index (χ3n) is 3.96. The predicted molar refractivity (Wildman–Crippen MR) is 110 cm³/mol. The summed E-state index contributed by atoms with van der Waals surface area (Å²) in [5.41, 5.74) is 0.913. The Balaban J connectivity index is 1.82. The predicted octanol–water partition coefficient (Wildman–Crippen LogP) is 2.81. The molecule has 0 aliphatic rings.